The van der Waals surface area contributed by atoms with Crippen molar-refractivity contribution in [2.24, 2.45) is 9.39 Å². The maximum absolute atomic E-state index is 11.2. The van der Waals surface area contributed by atoms with E-state index in [0.29, 0.717) is 17.0 Å². The van der Waals surface area contributed by atoms with Crippen molar-refractivity contribution in [3.05, 3.63) is 23.8 Å². The molecule has 0 saturated carbocycles. The van der Waals surface area contributed by atoms with Crippen LogP contribution in [0.1, 0.15) is 6.92 Å². The number of alkyl halides is 2. The van der Waals surface area contributed by atoms with Crippen molar-refractivity contribution in [3.8, 4) is 0 Å². The van der Waals surface area contributed by atoms with Gasteiger partial charge >= 0.3 is 0 Å². The second-order valence-electron chi connectivity index (χ2n) is 3.55. The van der Waals surface area contributed by atoms with Gasteiger partial charge in [0, 0.05) is 0 Å². The SMILES string of the molecule is CC1=CC(=NC(=O)C(Cl)Cl)C=C/C1=N\S(C)(=O)=O. The van der Waals surface area contributed by atoms with E-state index in [1.54, 1.807) is 6.92 Å². The van der Waals surface area contributed by atoms with Crippen molar-refractivity contribution >= 4 is 50.6 Å². The van der Waals surface area contributed by atoms with E-state index < -0.39 is 20.8 Å². The second-order valence-corrected chi connectivity index (χ2v) is 6.29. The fourth-order valence-electron chi connectivity index (χ4n) is 1.17. The Morgan fingerprint density at radius 2 is 1.94 bits per heavy atom. The molecule has 0 heterocycles. The van der Waals surface area contributed by atoms with Crippen LogP contribution in [0.25, 0.3) is 0 Å². The number of hydrogen-bond donors (Lipinski definition) is 0. The van der Waals surface area contributed by atoms with Crippen LogP contribution in [0.5, 0.6) is 0 Å². The number of nitrogens with zero attached hydrogens (tertiary/aromatic N) is 2. The van der Waals surface area contributed by atoms with Crippen LogP contribution in [0, 0.1) is 0 Å². The van der Waals surface area contributed by atoms with Gasteiger partial charge in [-0.2, -0.15) is 4.40 Å². The van der Waals surface area contributed by atoms with Gasteiger partial charge in [-0.05, 0) is 30.7 Å². The Labute approximate surface area is 115 Å². The molecule has 0 aromatic heterocycles. The number of carbonyl (C=O) groups is 1. The summed E-state index contributed by atoms with van der Waals surface area (Å²) >= 11 is 10.7. The van der Waals surface area contributed by atoms with E-state index in [1.165, 1.54) is 18.2 Å². The van der Waals surface area contributed by atoms with E-state index in [1.807, 2.05) is 0 Å². The summed E-state index contributed by atoms with van der Waals surface area (Å²) < 4.78 is 25.6. The van der Waals surface area contributed by atoms with Crippen LogP contribution in [0.2, 0.25) is 0 Å². The fraction of sp³-hybridized carbons (Fsp3) is 0.300. The average molecular weight is 309 g/mol. The smallest absolute Gasteiger partial charge is 0.269 e. The second kappa shape index (κ2) is 5.77. The van der Waals surface area contributed by atoms with Crippen molar-refractivity contribution in [3.63, 3.8) is 0 Å². The zero-order chi connectivity index (χ0) is 13.9. The predicted molar refractivity (Wildman–Crippen MR) is 73.1 cm³/mol. The van der Waals surface area contributed by atoms with E-state index in [9.17, 15) is 13.2 Å². The fourth-order valence-corrected chi connectivity index (χ4v) is 1.83. The number of carbonyl (C=O) groups excluding carboxylic acids is 1. The van der Waals surface area contributed by atoms with Gasteiger partial charge < -0.3 is 0 Å². The number of amides is 1. The Morgan fingerprint density at radius 1 is 1.33 bits per heavy atom. The van der Waals surface area contributed by atoms with E-state index in [0.717, 1.165) is 6.26 Å². The number of aliphatic imine (C=N–C) groups is 1. The van der Waals surface area contributed by atoms with E-state index in [4.69, 9.17) is 23.2 Å². The first kappa shape index (κ1) is 15.1. The van der Waals surface area contributed by atoms with Gasteiger partial charge in [-0.1, -0.05) is 23.2 Å². The highest BCUT2D eigenvalue weighted by Crippen LogP contribution is 2.10. The molecule has 0 bridgehead atoms. The van der Waals surface area contributed by atoms with Crippen LogP contribution >= 0.6 is 23.2 Å². The van der Waals surface area contributed by atoms with Crippen LogP contribution in [0.15, 0.2) is 33.2 Å². The van der Waals surface area contributed by atoms with Crippen molar-refractivity contribution in [1.82, 2.24) is 0 Å². The van der Waals surface area contributed by atoms with Gasteiger partial charge in [0.2, 0.25) is 0 Å². The summed E-state index contributed by atoms with van der Waals surface area (Å²) in [5.74, 6) is -0.675. The van der Waals surface area contributed by atoms with Crippen molar-refractivity contribution in [2.75, 3.05) is 6.26 Å². The van der Waals surface area contributed by atoms with Crippen LogP contribution in [-0.2, 0) is 14.8 Å². The molecular formula is C10H10Cl2N2O3S. The third-order valence-electron chi connectivity index (χ3n) is 1.87. The lowest BCUT2D eigenvalue weighted by Gasteiger charge is -2.07. The van der Waals surface area contributed by atoms with Crippen molar-refractivity contribution in [1.29, 1.82) is 0 Å². The Hall–Kier alpha value is -0.980. The Kier molecular flexibility index (Phi) is 4.84. The molecule has 1 rings (SSSR count). The summed E-state index contributed by atoms with van der Waals surface area (Å²) in [7, 11) is -3.46. The molecule has 8 heteroatoms. The lowest BCUT2D eigenvalue weighted by atomic mass is 10.0. The molecule has 0 fully saturated rings. The van der Waals surface area contributed by atoms with Gasteiger partial charge in [-0.15, -0.1) is 0 Å². The Morgan fingerprint density at radius 3 is 2.39 bits per heavy atom. The molecule has 0 spiro atoms. The minimum absolute atomic E-state index is 0.303. The van der Waals surface area contributed by atoms with Crippen LogP contribution < -0.4 is 0 Å². The van der Waals surface area contributed by atoms with E-state index in [2.05, 4.69) is 9.39 Å². The molecule has 1 aliphatic rings. The molecule has 18 heavy (non-hydrogen) atoms. The maximum atomic E-state index is 11.2. The molecule has 0 aliphatic heterocycles. The van der Waals surface area contributed by atoms with Gasteiger partial charge in [-0.3, -0.25) is 4.79 Å². The summed E-state index contributed by atoms with van der Waals surface area (Å²) in [5.41, 5.74) is 1.23. The summed E-state index contributed by atoms with van der Waals surface area (Å²) in [6.45, 7) is 1.66. The molecule has 0 saturated heterocycles. The molecule has 0 radical (unpaired) electrons. The molecule has 0 aromatic rings. The summed E-state index contributed by atoms with van der Waals surface area (Å²) in [5, 5.41) is 0. The highest BCUT2D eigenvalue weighted by atomic mass is 35.5. The largest absolute Gasteiger partial charge is 0.279 e. The van der Waals surface area contributed by atoms with E-state index in [-0.39, 0.29) is 0 Å². The normalized spacial score (nSPS) is 20.6. The highest BCUT2D eigenvalue weighted by Gasteiger charge is 2.13. The number of halogens is 2. The van der Waals surface area contributed by atoms with Gasteiger partial charge in [0.25, 0.3) is 15.9 Å². The standard InChI is InChI=1S/C10H10Cl2N2O3S/c1-6-5-7(13-10(15)9(11)12)3-4-8(6)14-18(2,16)17/h3-5,9H,1-2H3/b13-7?,14-8+. The molecule has 1 amide bonds. The first-order valence-electron chi connectivity index (χ1n) is 4.76. The van der Waals surface area contributed by atoms with Crippen LogP contribution in [0.3, 0.4) is 0 Å². The summed E-state index contributed by atoms with van der Waals surface area (Å²) in [6.07, 6.45) is 5.45. The molecule has 0 atom stereocenters. The number of rotatable bonds is 2. The van der Waals surface area contributed by atoms with E-state index >= 15 is 0 Å². The van der Waals surface area contributed by atoms with Crippen LogP contribution in [0.4, 0.5) is 0 Å². The monoisotopic (exact) mass is 308 g/mol. The van der Waals surface area contributed by atoms with Gasteiger partial charge in [0.05, 0.1) is 17.7 Å². The molecule has 0 N–H and O–H groups in total. The van der Waals surface area contributed by atoms with Gasteiger partial charge in [0.15, 0.2) is 4.84 Å². The molecule has 0 aromatic carbocycles. The van der Waals surface area contributed by atoms with Crippen LogP contribution in [-0.4, -0.2) is 36.8 Å². The minimum atomic E-state index is -3.46. The number of sulfonamides is 1. The Balaban J connectivity index is 3.03. The predicted octanol–water partition coefficient (Wildman–Crippen LogP) is 1.67. The van der Waals surface area contributed by atoms with Gasteiger partial charge in [0.1, 0.15) is 0 Å². The lowest BCUT2D eigenvalue weighted by Crippen LogP contribution is -2.12. The third-order valence-corrected chi connectivity index (χ3v) is 2.77. The number of hydrogen-bond acceptors (Lipinski definition) is 3. The maximum Gasteiger partial charge on any atom is 0.279 e. The molecule has 5 nitrogen and oxygen atoms in total. The lowest BCUT2D eigenvalue weighted by molar-refractivity contribution is -0.116. The molecule has 1 aliphatic carbocycles. The molecular weight excluding hydrogens is 299 g/mol. The molecule has 0 unspecified atom stereocenters. The summed E-state index contributed by atoms with van der Waals surface area (Å²) in [4.78, 5) is 13.6. The topological polar surface area (TPSA) is 75.9 Å². The third kappa shape index (κ3) is 4.72. The van der Waals surface area contributed by atoms with Gasteiger partial charge in [-0.25, -0.2) is 13.4 Å². The quantitative estimate of drug-likeness (QED) is 0.575. The number of allylic oxidation sites excluding steroid dienone is 4. The van der Waals surface area contributed by atoms with Crippen molar-refractivity contribution < 1.29 is 13.2 Å². The average Bonchev–Trinajstić information content (AvgIpc) is 2.20. The van der Waals surface area contributed by atoms with Crippen molar-refractivity contribution in [2.45, 2.75) is 11.8 Å². The highest BCUT2D eigenvalue weighted by molar-refractivity contribution is 7.89. The first-order valence-corrected chi connectivity index (χ1v) is 7.48. The zero-order valence-electron chi connectivity index (χ0n) is 9.59. The summed E-state index contributed by atoms with van der Waals surface area (Å²) in [6, 6.07) is 0. The first-order chi connectivity index (χ1) is 8.19. The Bertz CT molecular complexity index is 586. The zero-order valence-corrected chi connectivity index (χ0v) is 11.9. The molecule has 98 valence electrons. The minimum Gasteiger partial charge on any atom is -0.269 e.